The summed E-state index contributed by atoms with van der Waals surface area (Å²) < 4.78 is 1.93. The normalized spacial score (nSPS) is 17.8. The van der Waals surface area contributed by atoms with Crippen LogP contribution in [0.5, 0.6) is 0 Å². The highest BCUT2D eigenvalue weighted by atomic mass is 16.2. The first-order valence-electron chi connectivity index (χ1n) is 8.17. The number of aromatic nitrogens is 2. The summed E-state index contributed by atoms with van der Waals surface area (Å²) in [6, 6.07) is 1.83. The second kappa shape index (κ2) is 7.44. The Kier molecular flexibility index (Phi) is 5.58. The van der Waals surface area contributed by atoms with Crippen LogP contribution < -0.4 is 0 Å². The van der Waals surface area contributed by atoms with Crippen LogP contribution in [0.15, 0.2) is 24.9 Å². The fourth-order valence-electron chi connectivity index (χ4n) is 2.95. The predicted octanol–water partition coefficient (Wildman–Crippen LogP) is 1.67. The largest absolute Gasteiger partial charge is 0.341 e. The molecule has 1 aliphatic heterocycles. The van der Waals surface area contributed by atoms with Gasteiger partial charge in [-0.1, -0.05) is 20.4 Å². The van der Waals surface area contributed by atoms with Crippen molar-refractivity contribution in [2.24, 2.45) is 5.92 Å². The van der Waals surface area contributed by atoms with Crippen molar-refractivity contribution in [3.63, 3.8) is 0 Å². The van der Waals surface area contributed by atoms with Crippen molar-refractivity contribution in [2.75, 3.05) is 13.1 Å². The molecule has 0 bridgehead atoms. The molecular weight excluding hydrogens is 292 g/mol. The number of likely N-dealkylation sites (N-methyl/N-ethyl adjacent to an activating group) is 1. The van der Waals surface area contributed by atoms with Crippen LogP contribution in [-0.4, -0.2) is 50.5 Å². The molecule has 2 amide bonds. The molecule has 1 saturated heterocycles. The molecule has 6 heteroatoms. The standard InChI is InChI=1S/C17H26N4O2/c1-5-16(22)20(15-9-17(23)19(6-2)11-15)12-14-7-8-18-21(14)10-13(3)4/h5,7-8,13,15H,1,6,9-12H2,2-4H3. The zero-order valence-corrected chi connectivity index (χ0v) is 14.2. The Morgan fingerprint density at radius 3 is 2.87 bits per heavy atom. The number of nitrogens with zero attached hydrogens (tertiary/aromatic N) is 4. The fraction of sp³-hybridized carbons (Fsp3) is 0.588. The van der Waals surface area contributed by atoms with E-state index in [0.29, 0.717) is 32.0 Å². The third kappa shape index (κ3) is 4.00. The molecule has 0 aliphatic carbocycles. The number of hydrogen-bond acceptors (Lipinski definition) is 3. The number of rotatable bonds is 7. The van der Waals surface area contributed by atoms with E-state index in [1.165, 1.54) is 6.08 Å². The zero-order valence-electron chi connectivity index (χ0n) is 14.2. The van der Waals surface area contributed by atoms with Gasteiger partial charge in [-0.25, -0.2) is 0 Å². The highest BCUT2D eigenvalue weighted by Gasteiger charge is 2.34. The quantitative estimate of drug-likeness (QED) is 0.719. The molecule has 1 atom stereocenters. The summed E-state index contributed by atoms with van der Waals surface area (Å²) in [4.78, 5) is 27.8. The van der Waals surface area contributed by atoms with E-state index in [9.17, 15) is 9.59 Å². The molecule has 0 N–H and O–H groups in total. The molecule has 1 aliphatic rings. The van der Waals surface area contributed by atoms with Gasteiger partial charge in [-0.05, 0) is 25.0 Å². The first kappa shape index (κ1) is 17.2. The molecule has 1 fully saturated rings. The van der Waals surface area contributed by atoms with Crippen LogP contribution in [0.2, 0.25) is 0 Å². The number of amides is 2. The van der Waals surface area contributed by atoms with E-state index in [0.717, 1.165) is 12.2 Å². The van der Waals surface area contributed by atoms with E-state index in [-0.39, 0.29) is 17.9 Å². The maximum atomic E-state index is 12.3. The van der Waals surface area contributed by atoms with Crippen molar-refractivity contribution in [3.8, 4) is 0 Å². The van der Waals surface area contributed by atoms with Gasteiger partial charge in [-0.2, -0.15) is 5.10 Å². The van der Waals surface area contributed by atoms with Crippen LogP contribution in [0.25, 0.3) is 0 Å². The van der Waals surface area contributed by atoms with Crippen molar-refractivity contribution in [2.45, 2.75) is 46.3 Å². The molecule has 6 nitrogen and oxygen atoms in total. The molecule has 1 unspecified atom stereocenters. The van der Waals surface area contributed by atoms with Gasteiger partial charge in [-0.3, -0.25) is 14.3 Å². The SMILES string of the molecule is C=CC(=O)N(Cc1ccnn1CC(C)C)C1CC(=O)N(CC)C1. The highest BCUT2D eigenvalue weighted by Crippen LogP contribution is 2.20. The first-order valence-corrected chi connectivity index (χ1v) is 8.17. The monoisotopic (exact) mass is 318 g/mol. The Hall–Kier alpha value is -2.11. The average Bonchev–Trinajstić information content (AvgIpc) is 3.09. The van der Waals surface area contributed by atoms with Gasteiger partial charge in [0, 0.05) is 32.3 Å². The minimum absolute atomic E-state index is 0.102. The van der Waals surface area contributed by atoms with Crippen LogP contribution in [0.1, 0.15) is 32.9 Å². The van der Waals surface area contributed by atoms with Gasteiger partial charge in [0.05, 0.1) is 18.3 Å². The molecule has 0 aromatic carbocycles. The Labute approximate surface area is 137 Å². The number of carbonyl (C=O) groups excluding carboxylic acids is 2. The van der Waals surface area contributed by atoms with Gasteiger partial charge >= 0.3 is 0 Å². The predicted molar refractivity (Wildman–Crippen MR) is 88.5 cm³/mol. The second-order valence-electron chi connectivity index (χ2n) is 6.36. The van der Waals surface area contributed by atoms with Crippen LogP contribution in [0.4, 0.5) is 0 Å². The van der Waals surface area contributed by atoms with E-state index in [1.807, 2.05) is 17.7 Å². The minimum Gasteiger partial charge on any atom is -0.341 e. The molecule has 2 rings (SSSR count). The molecule has 126 valence electrons. The maximum Gasteiger partial charge on any atom is 0.246 e. The summed E-state index contributed by atoms with van der Waals surface area (Å²) in [5, 5.41) is 4.34. The third-order valence-electron chi connectivity index (χ3n) is 4.15. The summed E-state index contributed by atoms with van der Waals surface area (Å²) in [7, 11) is 0. The van der Waals surface area contributed by atoms with Crippen LogP contribution in [0.3, 0.4) is 0 Å². The number of carbonyl (C=O) groups is 2. The van der Waals surface area contributed by atoms with Gasteiger partial charge in [0.25, 0.3) is 0 Å². The van der Waals surface area contributed by atoms with Gasteiger partial charge < -0.3 is 9.80 Å². The topological polar surface area (TPSA) is 58.4 Å². The molecule has 2 heterocycles. The van der Waals surface area contributed by atoms with Crippen LogP contribution in [-0.2, 0) is 22.7 Å². The summed E-state index contributed by atoms with van der Waals surface area (Å²) >= 11 is 0. The summed E-state index contributed by atoms with van der Waals surface area (Å²) in [6.45, 7) is 12.3. The Bertz CT molecular complexity index is 579. The van der Waals surface area contributed by atoms with E-state index in [4.69, 9.17) is 0 Å². The molecule has 1 aromatic rings. The summed E-state index contributed by atoms with van der Waals surface area (Å²) in [6.07, 6.45) is 3.46. The molecule has 1 aromatic heterocycles. The minimum atomic E-state index is -0.141. The molecule has 23 heavy (non-hydrogen) atoms. The smallest absolute Gasteiger partial charge is 0.246 e. The lowest BCUT2D eigenvalue weighted by atomic mass is 10.2. The lowest BCUT2D eigenvalue weighted by Gasteiger charge is -2.28. The van der Waals surface area contributed by atoms with Gasteiger partial charge in [0.15, 0.2) is 0 Å². The Balaban J connectivity index is 2.17. The van der Waals surface area contributed by atoms with Crippen LogP contribution in [0, 0.1) is 5.92 Å². The van der Waals surface area contributed by atoms with E-state index >= 15 is 0 Å². The highest BCUT2D eigenvalue weighted by molar-refractivity contribution is 5.88. The Morgan fingerprint density at radius 2 is 2.30 bits per heavy atom. The van der Waals surface area contributed by atoms with Crippen LogP contribution >= 0.6 is 0 Å². The molecule has 0 spiro atoms. The van der Waals surface area contributed by atoms with E-state index in [2.05, 4.69) is 25.5 Å². The summed E-state index contributed by atoms with van der Waals surface area (Å²) in [5.74, 6) is 0.439. The lowest BCUT2D eigenvalue weighted by molar-refractivity contribution is -0.129. The van der Waals surface area contributed by atoms with E-state index in [1.54, 1.807) is 16.0 Å². The fourth-order valence-corrected chi connectivity index (χ4v) is 2.95. The first-order chi connectivity index (χ1) is 11.0. The van der Waals surface area contributed by atoms with Gasteiger partial charge in [-0.15, -0.1) is 0 Å². The molecular formula is C17H26N4O2. The van der Waals surface area contributed by atoms with Gasteiger partial charge in [0.1, 0.15) is 0 Å². The van der Waals surface area contributed by atoms with Crippen molar-refractivity contribution in [1.82, 2.24) is 19.6 Å². The molecule has 0 radical (unpaired) electrons. The third-order valence-corrected chi connectivity index (χ3v) is 4.15. The summed E-state index contributed by atoms with van der Waals surface area (Å²) in [5.41, 5.74) is 0.983. The van der Waals surface area contributed by atoms with Crippen molar-refractivity contribution in [1.29, 1.82) is 0 Å². The van der Waals surface area contributed by atoms with Crippen molar-refractivity contribution >= 4 is 11.8 Å². The Morgan fingerprint density at radius 1 is 1.57 bits per heavy atom. The van der Waals surface area contributed by atoms with Crippen molar-refractivity contribution in [3.05, 3.63) is 30.6 Å². The van der Waals surface area contributed by atoms with Crippen molar-refractivity contribution < 1.29 is 9.59 Å². The zero-order chi connectivity index (χ0) is 17.0. The second-order valence-corrected chi connectivity index (χ2v) is 6.36. The number of hydrogen-bond donors (Lipinski definition) is 0. The lowest BCUT2D eigenvalue weighted by Crippen LogP contribution is -2.41. The van der Waals surface area contributed by atoms with Gasteiger partial charge in [0.2, 0.25) is 11.8 Å². The number of likely N-dealkylation sites (tertiary alicyclic amines) is 1. The average molecular weight is 318 g/mol. The van der Waals surface area contributed by atoms with E-state index < -0.39 is 0 Å². The molecule has 0 saturated carbocycles. The maximum absolute atomic E-state index is 12.3.